The van der Waals surface area contributed by atoms with Crippen molar-refractivity contribution in [2.75, 3.05) is 12.4 Å². The van der Waals surface area contributed by atoms with Crippen LogP contribution in [-0.2, 0) is 0 Å². The average Bonchev–Trinajstić information content (AvgIpc) is 3.13. The number of methoxy groups -OCH3 is 1. The Bertz CT molecular complexity index is 1300. The first-order valence-electron chi connectivity index (χ1n) is 8.69. The quantitative estimate of drug-likeness (QED) is 0.516. The van der Waals surface area contributed by atoms with Crippen LogP contribution in [0.4, 0.5) is 5.69 Å². The van der Waals surface area contributed by atoms with E-state index < -0.39 is 11.5 Å². The van der Waals surface area contributed by atoms with Crippen LogP contribution in [0.25, 0.3) is 16.2 Å². The van der Waals surface area contributed by atoms with E-state index in [1.807, 2.05) is 31.2 Å². The number of hydrogen-bond acceptors (Lipinski definition) is 5. The molecule has 0 aliphatic rings. The predicted molar refractivity (Wildman–Crippen MR) is 115 cm³/mol. The molecule has 0 saturated heterocycles. The Kier molecular flexibility index (Phi) is 5.08. The lowest BCUT2D eigenvalue weighted by Gasteiger charge is -2.11. The minimum Gasteiger partial charge on any atom is -0.495 e. The first-order valence-corrected chi connectivity index (χ1v) is 9.95. The SMILES string of the molecule is COc1ccc(C)cc1NC(=O)c1cnc2scc(-c3ccccc3Cl)n2c1=O. The number of aryl methyl sites for hydroxylation is 1. The second-order valence-electron chi connectivity index (χ2n) is 6.35. The molecule has 0 aliphatic heterocycles. The average molecular weight is 426 g/mol. The maximum atomic E-state index is 13.1. The van der Waals surface area contributed by atoms with Crippen molar-refractivity contribution in [3.8, 4) is 17.0 Å². The summed E-state index contributed by atoms with van der Waals surface area (Å²) in [6.07, 6.45) is 1.29. The first-order chi connectivity index (χ1) is 14.0. The third-order valence-electron chi connectivity index (χ3n) is 4.44. The van der Waals surface area contributed by atoms with E-state index in [0.29, 0.717) is 32.7 Å². The normalized spacial score (nSPS) is 10.9. The largest absolute Gasteiger partial charge is 0.495 e. The molecule has 29 heavy (non-hydrogen) atoms. The number of benzene rings is 2. The van der Waals surface area contributed by atoms with Crippen LogP contribution < -0.4 is 15.6 Å². The zero-order chi connectivity index (χ0) is 20.5. The molecule has 2 aromatic heterocycles. The van der Waals surface area contributed by atoms with Gasteiger partial charge in [0.2, 0.25) is 0 Å². The zero-order valence-corrected chi connectivity index (χ0v) is 17.2. The number of thiazole rings is 1. The Balaban J connectivity index is 1.80. The Morgan fingerprint density at radius 2 is 2.03 bits per heavy atom. The number of fused-ring (bicyclic) bond motifs is 1. The van der Waals surface area contributed by atoms with E-state index in [-0.39, 0.29) is 5.56 Å². The van der Waals surface area contributed by atoms with Crippen molar-refractivity contribution in [2.45, 2.75) is 6.92 Å². The molecule has 4 rings (SSSR count). The lowest BCUT2D eigenvalue weighted by Crippen LogP contribution is -2.26. The molecule has 0 atom stereocenters. The second-order valence-corrected chi connectivity index (χ2v) is 7.60. The summed E-state index contributed by atoms with van der Waals surface area (Å²) in [7, 11) is 1.52. The Morgan fingerprint density at radius 3 is 2.79 bits per heavy atom. The molecule has 0 fully saturated rings. The number of amides is 1. The van der Waals surface area contributed by atoms with Crippen LogP contribution in [0, 0.1) is 6.92 Å². The molecular formula is C21H16ClN3O3S. The number of nitrogens with zero attached hydrogens (tertiary/aromatic N) is 2. The summed E-state index contributed by atoms with van der Waals surface area (Å²) in [5.41, 5.74) is 2.19. The molecule has 4 aromatic rings. The maximum absolute atomic E-state index is 13.1. The summed E-state index contributed by atoms with van der Waals surface area (Å²) in [5, 5.41) is 5.06. The van der Waals surface area contributed by atoms with Gasteiger partial charge in [-0.15, -0.1) is 11.3 Å². The van der Waals surface area contributed by atoms with Gasteiger partial charge in [0.25, 0.3) is 11.5 Å². The van der Waals surface area contributed by atoms with Gasteiger partial charge in [0, 0.05) is 22.2 Å². The van der Waals surface area contributed by atoms with Gasteiger partial charge in [-0.2, -0.15) is 0 Å². The monoisotopic (exact) mass is 425 g/mol. The molecule has 146 valence electrons. The number of anilines is 1. The number of ether oxygens (including phenoxy) is 1. The van der Waals surface area contributed by atoms with E-state index in [4.69, 9.17) is 16.3 Å². The van der Waals surface area contributed by atoms with E-state index in [2.05, 4.69) is 10.3 Å². The lowest BCUT2D eigenvalue weighted by atomic mass is 10.1. The smallest absolute Gasteiger partial charge is 0.271 e. The third-order valence-corrected chi connectivity index (χ3v) is 5.61. The van der Waals surface area contributed by atoms with Crippen LogP contribution in [0.15, 0.2) is 58.8 Å². The highest BCUT2D eigenvalue weighted by molar-refractivity contribution is 7.15. The van der Waals surface area contributed by atoms with Gasteiger partial charge in [-0.05, 0) is 30.7 Å². The fourth-order valence-electron chi connectivity index (χ4n) is 3.01. The van der Waals surface area contributed by atoms with Crippen LogP contribution in [0.5, 0.6) is 5.75 Å². The molecule has 0 aliphatic carbocycles. The zero-order valence-electron chi connectivity index (χ0n) is 15.6. The van der Waals surface area contributed by atoms with Crippen LogP contribution in [0.3, 0.4) is 0 Å². The Morgan fingerprint density at radius 1 is 1.24 bits per heavy atom. The molecule has 0 bridgehead atoms. The number of halogens is 1. The lowest BCUT2D eigenvalue weighted by molar-refractivity contribution is 0.102. The maximum Gasteiger partial charge on any atom is 0.271 e. The summed E-state index contributed by atoms with van der Waals surface area (Å²) < 4.78 is 6.70. The number of carbonyl (C=O) groups is 1. The van der Waals surface area contributed by atoms with Crippen LogP contribution in [0.2, 0.25) is 5.02 Å². The minimum atomic E-state index is -0.558. The van der Waals surface area contributed by atoms with Gasteiger partial charge in [-0.25, -0.2) is 4.98 Å². The van der Waals surface area contributed by atoms with Crippen molar-refractivity contribution >= 4 is 39.5 Å². The summed E-state index contributed by atoms with van der Waals surface area (Å²) >= 11 is 7.61. The number of hydrogen-bond donors (Lipinski definition) is 1. The van der Waals surface area contributed by atoms with Gasteiger partial charge >= 0.3 is 0 Å². The van der Waals surface area contributed by atoms with Crippen LogP contribution in [-0.4, -0.2) is 22.4 Å². The number of rotatable bonds is 4. The Hall–Kier alpha value is -3.16. The van der Waals surface area contributed by atoms with E-state index in [1.54, 1.807) is 23.6 Å². The molecule has 0 saturated carbocycles. The molecule has 0 unspecified atom stereocenters. The van der Waals surface area contributed by atoms with E-state index in [9.17, 15) is 9.59 Å². The Labute approximate surface area is 175 Å². The van der Waals surface area contributed by atoms with E-state index in [0.717, 1.165) is 5.56 Å². The van der Waals surface area contributed by atoms with Gasteiger partial charge < -0.3 is 10.1 Å². The highest BCUT2D eigenvalue weighted by Gasteiger charge is 2.19. The molecule has 8 heteroatoms. The highest BCUT2D eigenvalue weighted by Crippen LogP contribution is 2.30. The second kappa shape index (κ2) is 7.69. The number of carbonyl (C=O) groups excluding carboxylic acids is 1. The standard InChI is InChI=1S/C21H16ClN3O3S/c1-12-7-8-18(28-2)16(9-12)24-19(26)14-10-23-21-25(20(14)27)17(11-29-21)13-5-3-4-6-15(13)22/h3-11H,1-2H3,(H,24,26). The fourth-order valence-corrected chi connectivity index (χ4v) is 4.10. The summed E-state index contributed by atoms with van der Waals surface area (Å²) in [6.45, 7) is 1.90. The summed E-state index contributed by atoms with van der Waals surface area (Å²) in [6, 6.07) is 12.6. The van der Waals surface area contributed by atoms with Gasteiger partial charge in [-0.1, -0.05) is 35.9 Å². The molecule has 2 aromatic carbocycles. The van der Waals surface area contributed by atoms with Gasteiger partial charge in [-0.3, -0.25) is 14.0 Å². The molecular weight excluding hydrogens is 410 g/mol. The topological polar surface area (TPSA) is 72.7 Å². The predicted octanol–water partition coefficient (Wildman–Crippen LogP) is 4.65. The van der Waals surface area contributed by atoms with E-state index >= 15 is 0 Å². The molecule has 1 N–H and O–H groups in total. The summed E-state index contributed by atoms with van der Waals surface area (Å²) in [5.74, 6) is -0.0533. The molecule has 0 spiro atoms. The number of nitrogens with one attached hydrogen (secondary N) is 1. The number of aromatic nitrogens is 2. The molecule has 0 radical (unpaired) electrons. The van der Waals surface area contributed by atoms with Gasteiger partial charge in [0.1, 0.15) is 11.3 Å². The van der Waals surface area contributed by atoms with E-state index in [1.165, 1.54) is 29.0 Å². The van der Waals surface area contributed by atoms with Crippen LogP contribution >= 0.6 is 22.9 Å². The molecule has 1 amide bonds. The summed E-state index contributed by atoms with van der Waals surface area (Å²) in [4.78, 5) is 30.8. The van der Waals surface area contributed by atoms with Crippen molar-refractivity contribution in [3.05, 3.63) is 80.5 Å². The molecule has 6 nitrogen and oxygen atoms in total. The van der Waals surface area contributed by atoms with Crippen molar-refractivity contribution in [2.24, 2.45) is 0 Å². The van der Waals surface area contributed by atoms with Gasteiger partial charge in [0.05, 0.1) is 18.5 Å². The third kappa shape index (κ3) is 3.50. The minimum absolute atomic E-state index is 0.0715. The van der Waals surface area contributed by atoms with Gasteiger partial charge in [0.15, 0.2) is 4.96 Å². The molecule has 2 heterocycles. The fraction of sp³-hybridized carbons (Fsp3) is 0.0952. The first kappa shape index (κ1) is 19.2. The van der Waals surface area contributed by atoms with Crippen molar-refractivity contribution in [1.82, 2.24) is 9.38 Å². The van der Waals surface area contributed by atoms with Crippen molar-refractivity contribution in [3.63, 3.8) is 0 Å². The highest BCUT2D eigenvalue weighted by atomic mass is 35.5. The van der Waals surface area contributed by atoms with Crippen molar-refractivity contribution in [1.29, 1.82) is 0 Å². The van der Waals surface area contributed by atoms with Crippen molar-refractivity contribution < 1.29 is 9.53 Å². The van der Waals surface area contributed by atoms with Crippen LogP contribution in [0.1, 0.15) is 15.9 Å².